The Balaban J connectivity index is 0.00000420. The van der Waals surface area contributed by atoms with Gasteiger partial charge in [-0.1, -0.05) is 25.1 Å². The summed E-state index contributed by atoms with van der Waals surface area (Å²) in [6.45, 7) is 2.98. The highest BCUT2D eigenvalue weighted by Crippen LogP contribution is 2.15. The molecule has 0 bridgehead atoms. The van der Waals surface area contributed by atoms with Crippen molar-refractivity contribution in [3.05, 3.63) is 59.9 Å². The van der Waals surface area contributed by atoms with Gasteiger partial charge in [0.15, 0.2) is 15.8 Å². The van der Waals surface area contributed by atoms with E-state index in [2.05, 4.69) is 15.6 Å². The van der Waals surface area contributed by atoms with Crippen molar-refractivity contribution in [1.29, 1.82) is 0 Å². The van der Waals surface area contributed by atoms with E-state index in [1.54, 1.807) is 43.4 Å². The lowest BCUT2D eigenvalue weighted by atomic mass is 10.2. The molecule has 0 aliphatic carbocycles. The number of rotatable bonds is 8. The second-order valence-corrected chi connectivity index (χ2v) is 8.34. The first-order chi connectivity index (χ1) is 13.3. The van der Waals surface area contributed by atoms with Crippen molar-refractivity contribution in [3.8, 4) is 5.75 Å². The SMILES string of the molecule is CCC(CNC(=NC)NCc1ccc(S(C)(=O)=O)cc1)Oc1cccc(F)c1.I. The Morgan fingerprint density at radius 1 is 1.17 bits per heavy atom. The fourth-order valence-electron chi connectivity index (χ4n) is 2.47. The molecule has 0 aliphatic heterocycles. The van der Waals surface area contributed by atoms with Crippen LogP contribution in [0.5, 0.6) is 5.75 Å². The summed E-state index contributed by atoms with van der Waals surface area (Å²) in [4.78, 5) is 4.46. The minimum absolute atomic E-state index is 0. The third-order valence-electron chi connectivity index (χ3n) is 4.09. The average Bonchev–Trinajstić information content (AvgIpc) is 2.66. The molecule has 0 amide bonds. The van der Waals surface area contributed by atoms with E-state index in [1.807, 2.05) is 6.92 Å². The molecule has 1 atom stereocenters. The van der Waals surface area contributed by atoms with E-state index in [1.165, 1.54) is 18.4 Å². The summed E-state index contributed by atoms with van der Waals surface area (Å²) >= 11 is 0. The molecular formula is C20H27FIN3O3S. The molecule has 2 N–H and O–H groups in total. The molecule has 1 unspecified atom stereocenters. The first-order valence-corrected chi connectivity index (χ1v) is 10.9. The molecule has 2 aromatic rings. The maximum atomic E-state index is 13.3. The number of nitrogens with zero attached hydrogens (tertiary/aromatic N) is 1. The fraction of sp³-hybridized carbons (Fsp3) is 0.350. The summed E-state index contributed by atoms with van der Waals surface area (Å²) in [5.74, 6) is 0.746. The van der Waals surface area contributed by atoms with E-state index in [0.29, 0.717) is 29.7 Å². The molecule has 29 heavy (non-hydrogen) atoms. The molecule has 0 aliphatic rings. The predicted octanol–water partition coefficient (Wildman–Crippen LogP) is 3.37. The Morgan fingerprint density at radius 2 is 1.86 bits per heavy atom. The molecule has 160 valence electrons. The first kappa shape index (κ1) is 25.2. The van der Waals surface area contributed by atoms with Crippen LogP contribution in [0.2, 0.25) is 0 Å². The maximum absolute atomic E-state index is 13.3. The number of hydrogen-bond acceptors (Lipinski definition) is 4. The third-order valence-corrected chi connectivity index (χ3v) is 5.21. The lowest BCUT2D eigenvalue weighted by Gasteiger charge is -2.20. The topological polar surface area (TPSA) is 79.8 Å². The van der Waals surface area contributed by atoms with Crippen LogP contribution in [-0.2, 0) is 16.4 Å². The highest BCUT2D eigenvalue weighted by molar-refractivity contribution is 14.0. The second kappa shape index (κ2) is 12.0. The van der Waals surface area contributed by atoms with Crippen LogP contribution in [0, 0.1) is 5.82 Å². The molecule has 0 saturated carbocycles. The van der Waals surface area contributed by atoms with Gasteiger partial charge in [-0.15, -0.1) is 24.0 Å². The van der Waals surface area contributed by atoms with Crippen molar-refractivity contribution in [2.24, 2.45) is 4.99 Å². The normalized spacial score (nSPS) is 12.6. The van der Waals surface area contributed by atoms with Crippen LogP contribution in [0.1, 0.15) is 18.9 Å². The predicted molar refractivity (Wildman–Crippen MR) is 124 cm³/mol. The molecule has 9 heteroatoms. The van der Waals surface area contributed by atoms with Gasteiger partial charge in [0.2, 0.25) is 0 Å². The number of halogens is 2. The van der Waals surface area contributed by atoms with Crippen LogP contribution >= 0.6 is 24.0 Å². The molecule has 2 aromatic carbocycles. The van der Waals surface area contributed by atoms with Crippen molar-refractivity contribution in [2.45, 2.75) is 30.9 Å². The Bertz CT molecular complexity index is 905. The largest absolute Gasteiger partial charge is 0.489 e. The van der Waals surface area contributed by atoms with Gasteiger partial charge in [0.1, 0.15) is 17.7 Å². The highest BCUT2D eigenvalue weighted by atomic mass is 127. The van der Waals surface area contributed by atoms with E-state index in [4.69, 9.17) is 4.74 Å². The standard InChI is InChI=1S/C20H26FN3O3S.HI/c1-4-17(27-18-7-5-6-16(21)12-18)14-24-20(22-2)23-13-15-8-10-19(11-9-15)28(3,25)26;/h5-12,17H,4,13-14H2,1-3H3,(H2,22,23,24);1H. The monoisotopic (exact) mass is 535 g/mol. The number of aliphatic imine (C=N–C) groups is 1. The van der Waals surface area contributed by atoms with Crippen molar-refractivity contribution < 1.29 is 17.5 Å². The van der Waals surface area contributed by atoms with E-state index >= 15 is 0 Å². The quantitative estimate of drug-likeness (QED) is 0.308. The van der Waals surface area contributed by atoms with Crippen molar-refractivity contribution in [2.75, 3.05) is 19.8 Å². The summed E-state index contributed by atoms with van der Waals surface area (Å²) < 4.78 is 42.1. The number of hydrogen-bond donors (Lipinski definition) is 2. The summed E-state index contributed by atoms with van der Waals surface area (Å²) in [5.41, 5.74) is 0.929. The summed E-state index contributed by atoms with van der Waals surface area (Å²) in [5, 5.41) is 6.36. The number of sulfone groups is 1. The van der Waals surface area contributed by atoms with Gasteiger partial charge >= 0.3 is 0 Å². The van der Waals surface area contributed by atoms with Crippen molar-refractivity contribution in [3.63, 3.8) is 0 Å². The number of guanidine groups is 1. The van der Waals surface area contributed by atoms with Gasteiger partial charge in [-0.05, 0) is 36.2 Å². The Hall–Kier alpha value is -1.88. The molecule has 0 heterocycles. The third kappa shape index (κ3) is 8.57. The molecule has 0 saturated heterocycles. The van der Waals surface area contributed by atoms with Crippen LogP contribution in [0.25, 0.3) is 0 Å². The molecule has 2 rings (SSSR count). The molecule has 0 aromatic heterocycles. The first-order valence-electron chi connectivity index (χ1n) is 8.97. The summed E-state index contributed by atoms with van der Waals surface area (Å²) in [6.07, 6.45) is 1.78. The van der Waals surface area contributed by atoms with E-state index in [-0.39, 0.29) is 35.9 Å². The molecule has 0 spiro atoms. The molecule has 0 fully saturated rings. The van der Waals surface area contributed by atoms with E-state index < -0.39 is 9.84 Å². The Labute approximate surface area is 188 Å². The lowest BCUT2D eigenvalue weighted by molar-refractivity contribution is 0.199. The van der Waals surface area contributed by atoms with Crippen LogP contribution < -0.4 is 15.4 Å². The van der Waals surface area contributed by atoms with Gasteiger partial charge in [-0.2, -0.15) is 0 Å². The van der Waals surface area contributed by atoms with E-state index in [0.717, 1.165) is 12.0 Å². The second-order valence-electron chi connectivity index (χ2n) is 6.33. The van der Waals surface area contributed by atoms with Gasteiger partial charge < -0.3 is 15.4 Å². The van der Waals surface area contributed by atoms with Crippen LogP contribution in [-0.4, -0.2) is 40.3 Å². The Kier molecular flexibility index (Phi) is 10.4. The number of ether oxygens (including phenoxy) is 1. The van der Waals surface area contributed by atoms with Crippen LogP contribution in [0.4, 0.5) is 4.39 Å². The van der Waals surface area contributed by atoms with Gasteiger partial charge in [-0.25, -0.2) is 12.8 Å². The van der Waals surface area contributed by atoms with Crippen molar-refractivity contribution >= 4 is 39.8 Å². The van der Waals surface area contributed by atoms with E-state index in [9.17, 15) is 12.8 Å². The average molecular weight is 535 g/mol. The lowest BCUT2D eigenvalue weighted by Crippen LogP contribution is -2.42. The van der Waals surface area contributed by atoms with Crippen LogP contribution in [0.3, 0.4) is 0 Å². The van der Waals surface area contributed by atoms with Gasteiger partial charge in [0, 0.05) is 25.9 Å². The van der Waals surface area contributed by atoms with Gasteiger partial charge in [0.05, 0.1) is 11.4 Å². The van der Waals surface area contributed by atoms with Crippen molar-refractivity contribution in [1.82, 2.24) is 10.6 Å². The van der Waals surface area contributed by atoms with Gasteiger partial charge in [0.25, 0.3) is 0 Å². The zero-order valence-electron chi connectivity index (χ0n) is 16.7. The van der Waals surface area contributed by atoms with Crippen LogP contribution in [0.15, 0.2) is 58.4 Å². The maximum Gasteiger partial charge on any atom is 0.191 e. The smallest absolute Gasteiger partial charge is 0.191 e. The summed E-state index contributed by atoms with van der Waals surface area (Å²) in [7, 11) is -1.54. The Morgan fingerprint density at radius 3 is 2.41 bits per heavy atom. The van der Waals surface area contributed by atoms with Gasteiger partial charge in [-0.3, -0.25) is 4.99 Å². The minimum atomic E-state index is -3.20. The number of nitrogens with one attached hydrogen (secondary N) is 2. The minimum Gasteiger partial charge on any atom is -0.489 e. The highest BCUT2D eigenvalue weighted by Gasteiger charge is 2.10. The molecule has 0 radical (unpaired) electrons. The number of benzene rings is 2. The zero-order chi connectivity index (χ0) is 20.6. The molecular weight excluding hydrogens is 508 g/mol. The molecule has 6 nitrogen and oxygen atoms in total. The fourth-order valence-corrected chi connectivity index (χ4v) is 3.10. The summed E-state index contributed by atoms with van der Waals surface area (Å²) in [6, 6.07) is 12.8. The zero-order valence-corrected chi connectivity index (χ0v) is 19.8.